The first kappa shape index (κ1) is 22.8. The zero-order valence-corrected chi connectivity index (χ0v) is 16.2. The number of aliphatic hydroxyl groups is 1. The molecule has 2 atom stereocenters. The fourth-order valence-corrected chi connectivity index (χ4v) is 2.83. The van der Waals surface area contributed by atoms with Gasteiger partial charge < -0.3 is 10.2 Å². The van der Waals surface area contributed by atoms with Gasteiger partial charge in [0, 0.05) is 17.9 Å². The molecule has 2 N–H and O–H groups in total. The first-order valence-corrected chi connectivity index (χ1v) is 9.82. The first-order valence-electron chi connectivity index (χ1n) is 9.82. The molecule has 0 heterocycles. The van der Waals surface area contributed by atoms with E-state index in [-0.39, 0.29) is 18.1 Å². The average Bonchev–Trinajstić information content (AvgIpc) is 2.98. The Hall–Kier alpha value is -2.20. The zero-order chi connectivity index (χ0) is 19.9. The smallest absolute Gasteiger partial charge is 0.303 e. The van der Waals surface area contributed by atoms with Gasteiger partial charge >= 0.3 is 5.97 Å². The molecule has 0 aliphatic heterocycles. The molecule has 148 valence electrons. The van der Waals surface area contributed by atoms with E-state index < -0.39 is 12.1 Å². The molecule has 0 saturated heterocycles. The second kappa shape index (κ2) is 13.9. The number of hydrogen-bond donors (Lipinski definition) is 2. The molecule has 0 amide bonds. The van der Waals surface area contributed by atoms with Crippen molar-refractivity contribution in [2.45, 2.75) is 64.4 Å². The minimum Gasteiger partial charge on any atom is -0.481 e. The molecule has 2 unspecified atom stereocenters. The van der Waals surface area contributed by atoms with Crippen molar-refractivity contribution in [1.82, 2.24) is 0 Å². The second-order valence-electron chi connectivity index (χ2n) is 6.69. The van der Waals surface area contributed by atoms with E-state index in [9.17, 15) is 14.7 Å². The van der Waals surface area contributed by atoms with Crippen LogP contribution in [-0.2, 0) is 9.59 Å². The van der Waals surface area contributed by atoms with E-state index in [4.69, 9.17) is 5.11 Å². The third-order valence-electron chi connectivity index (χ3n) is 4.34. The standard InChI is InChI=1S/C23H32O4/c1-2-3-4-5-6-10-13-20(24)16-17-21-19(15-18-22(21)25)12-9-7-8-11-14-23(26)27/h3-4,6-7,9-10,15,17-20,24H,2,5,8,11-14,16H2,1H3,(H,26,27)/b4-3-,9-7-,10-6-,21-17+. The molecule has 1 rings (SSSR count). The second-order valence-corrected chi connectivity index (χ2v) is 6.69. The lowest BCUT2D eigenvalue weighted by Gasteiger charge is -2.10. The number of rotatable bonds is 13. The van der Waals surface area contributed by atoms with Crippen molar-refractivity contribution in [3.8, 4) is 0 Å². The maximum Gasteiger partial charge on any atom is 0.303 e. The van der Waals surface area contributed by atoms with Gasteiger partial charge in [0.1, 0.15) is 0 Å². The van der Waals surface area contributed by atoms with Crippen LogP contribution >= 0.6 is 0 Å². The summed E-state index contributed by atoms with van der Waals surface area (Å²) in [5.74, 6) is -0.703. The van der Waals surface area contributed by atoms with Gasteiger partial charge in [0.05, 0.1) is 6.10 Å². The van der Waals surface area contributed by atoms with E-state index in [0.717, 1.165) is 31.3 Å². The number of allylic oxidation sites excluding steroid dienone is 8. The molecule has 27 heavy (non-hydrogen) atoms. The minimum absolute atomic E-state index is 0.0201. The molecule has 1 aliphatic carbocycles. The van der Waals surface area contributed by atoms with Crippen LogP contribution in [0.3, 0.4) is 0 Å². The Morgan fingerprint density at radius 1 is 1.15 bits per heavy atom. The lowest BCUT2D eigenvalue weighted by molar-refractivity contribution is -0.137. The third kappa shape index (κ3) is 10.5. The molecular weight excluding hydrogens is 340 g/mol. The fraction of sp³-hybridized carbons (Fsp3) is 0.478. The fourth-order valence-electron chi connectivity index (χ4n) is 2.83. The number of carbonyl (C=O) groups is 2. The summed E-state index contributed by atoms with van der Waals surface area (Å²) < 4.78 is 0. The molecule has 0 spiro atoms. The quantitative estimate of drug-likeness (QED) is 0.273. The molecule has 0 saturated carbocycles. The van der Waals surface area contributed by atoms with Gasteiger partial charge in [-0.3, -0.25) is 9.59 Å². The van der Waals surface area contributed by atoms with Crippen LogP contribution < -0.4 is 0 Å². The highest BCUT2D eigenvalue weighted by Crippen LogP contribution is 2.26. The van der Waals surface area contributed by atoms with E-state index in [0.29, 0.717) is 19.3 Å². The number of carboxylic acids is 1. The molecule has 0 aromatic heterocycles. The highest BCUT2D eigenvalue weighted by atomic mass is 16.4. The van der Waals surface area contributed by atoms with E-state index >= 15 is 0 Å². The summed E-state index contributed by atoms with van der Waals surface area (Å²) in [5, 5.41) is 18.7. The molecule has 0 fully saturated rings. The topological polar surface area (TPSA) is 74.6 Å². The van der Waals surface area contributed by atoms with E-state index in [1.807, 2.05) is 36.5 Å². The number of unbranched alkanes of at least 4 members (excludes halogenated alkanes) is 1. The van der Waals surface area contributed by atoms with Crippen molar-refractivity contribution in [1.29, 1.82) is 0 Å². The zero-order valence-electron chi connectivity index (χ0n) is 16.2. The highest BCUT2D eigenvalue weighted by molar-refractivity contribution is 6.07. The summed E-state index contributed by atoms with van der Waals surface area (Å²) in [4.78, 5) is 22.5. The molecule has 0 aromatic carbocycles. The van der Waals surface area contributed by atoms with E-state index in [1.165, 1.54) is 0 Å². The lowest BCUT2D eigenvalue weighted by Crippen LogP contribution is -2.07. The number of ketones is 1. The van der Waals surface area contributed by atoms with Crippen molar-refractivity contribution in [3.63, 3.8) is 0 Å². The minimum atomic E-state index is -0.774. The Labute approximate surface area is 162 Å². The molecule has 0 bridgehead atoms. The molecule has 1 aliphatic rings. The van der Waals surface area contributed by atoms with Gasteiger partial charge in [-0.1, -0.05) is 55.5 Å². The summed E-state index contributed by atoms with van der Waals surface area (Å²) in [5.41, 5.74) is 0.749. The SMILES string of the molecule is CC/C=C\C/C=C\CC(O)C/C=C1/C(=O)C=CC1C/C=C\CCCC(=O)O. The number of carboxylic acid groups (broad SMARTS) is 1. The maximum atomic E-state index is 12.0. The first-order chi connectivity index (χ1) is 13.0. The average molecular weight is 373 g/mol. The third-order valence-corrected chi connectivity index (χ3v) is 4.34. The van der Waals surface area contributed by atoms with Crippen LogP contribution in [0.5, 0.6) is 0 Å². The number of aliphatic hydroxyl groups excluding tert-OH is 1. The van der Waals surface area contributed by atoms with Crippen molar-refractivity contribution in [2.24, 2.45) is 5.92 Å². The van der Waals surface area contributed by atoms with Crippen LogP contribution in [0.2, 0.25) is 0 Å². The Morgan fingerprint density at radius 3 is 2.67 bits per heavy atom. The van der Waals surface area contributed by atoms with Crippen LogP contribution in [-0.4, -0.2) is 28.1 Å². The van der Waals surface area contributed by atoms with Crippen molar-refractivity contribution in [2.75, 3.05) is 0 Å². The van der Waals surface area contributed by atoms with Gasteiger partial charge in [-0.05, 0) is 51.0 Å². The molecular formula is C23H32O4. The summed E-state index contributed by atoms with van der Waals surface area (Å²) in [7, 11) is 0. The van der Waals surface area contributed by atoms with Gasteiger partial charge in [-0.25, -0.2) is 0 Å². The monoisotopic (exact) mass is 372 g/mol. The maximum absolute atomic E-state index is 12.0. The predicted molar refractivity (Wildman–Crippen MR) is 109 cm³/mol. The molecule has 0 radical (unpaired) electrons. The number of carbonyl (C=O) groups excluding carboxylic acids is 1. The Balaban J connectivity index is 2.39. The summed E-state index contributed by atoms with van der Waals surface area (Å²) in [6, 6.07) is 0. The Morgan fingerprint density at radius 2 is 1.93 bits per heavy atom. The lowest BCUT2D eigenvalue weighted by atomic mass is 9.96. The van der Waals surface area contributed by atoms with Crippen LogP contribution in [0.25, 0.3) is 0 Å². The van der Waals surface area contributed by atoms with Gasteiger partial charge in [0.25, 0.3) is 0 Å². The van der Waals surface area contributed by atoms with Crippen molar-refractivity contribution >= 4 is 11.8 Å². The number of hydrogen-bond acceptors (Lipinski definition) is 3. The van der Waals surface area contributed by atoms with Gasteiger partial charge in [0.15, 0.2) is 5.78 Å². The normalized spacial score (nSPS) is 20.0. The van der Waals surface area contributed by atoms with E-state index in [1.54, 1.807) is 6.08 Å². The van der Waals surface area contributed by atoms with Crippen LogP contribution in [0.15, 0.2) is 60.3 Å². The van der Waals surface area contributed by atoms with Gasteiger partial charge in [0.2, 0.25) is 0 Å². The Bertz CT molecular complexity index is 608. The predicted octanol–water partition coefficient (Wildman–Crippen LogP) is 4.92. The summed E-state index contributed by atoms with van der Waals surface area (Å²) in [6.07, 6.45) is 22.3. The largest absolute Gasteiger partial charge is 0.481 e. The van der Waals surface area contributed by atoms with Crippen LogP contribution in [0.4, 0.5) is 0 Å². The summed E-state index contributed by atoms with van der Waals surface area (Å²) in [6.45, 7) is 2.10. The van der Waals surface area contributed by atoms with Crippen LogP contribution in [0, 0.1) is 5.92 Å². The molecule has 0 aromatic rings. The summed E-state index contributed by atoms with van der Waals surface area (Å²) >= 11 is 0. The van der Waals surface area contributed by atoms with Gasteiger partial charge in [-0.2, -0.15) is 0 Å². The molecule has 4 nitrogen and oxygen atoms in total. The Kier molecular flexibility index (Phi) is 11.8. The van der Waals surface area contributed by atoms with Crippen molar-refractivity contribution in [3.05, 3.63) is 60.3 Å². The van der Waals surface area contributed by atoms with Crippen LogP contribution in [0.1, 0.15) is 58.3 Å². The number of aliphatic carboxylic acids is 1. The van der Waals surface area contributed by atoms with E-state index in [2.05, 4.69) is 19.1 Å². The molecule has 4 heteroatoms. The van der Waals surface area contributed by atoms with Gasteiger partial charge in [-0.15, -0.1) is 0 Å². The highest BCUT2D eigenvalue weighted by Gasteiger charge is 2.21. The van der Waals surface area contributed by atoms with Crippen molar-refractivity contribution < 1.29 is 19.8 Å².